The zero-order chi connectivity index (χ0) is 10.4. The average Bonchev–Trinajstić information content (AvgIpc) is 2.19. The molecule has 1 rings (SSSR count). The second-order valence-corrected chi connectivity index (χ2v) is 4.07. The highest BCUT2D eigenvalue weighted by atomic mass is 35.5. The molecule has 1 aliphatic heterocycles. The number of carbonyl (C=O) groups is 1. The van der Waals surface area contributed by atoms with Crippen LogP contribution < -0.4 is 0 Å². The predicted molar refractivity (Wildman–Crippen MR) is 56.4 cm³/mol. The summed E-state index contributed by atoms with van der Waals surface area (Å²) >= 11 is 5.54. The first kappa shape index (κ1) is 11.8. The second kappa shape index (κ2) is 6.25. The molecule has 0 aromatic heterocycles. The molecule has 1 atom stereocenters. The highest BCUT2D eigenvalue weighted by Gasteiger charge is 2.25. The lowest BCUT2D eigenvalue weighted by Gasteiger charge is -2.35. The van der Waals surface area contributed by atoms with Crippen LogP contribution in [0.2, 0.25) is 0 Å². The third kappa shape index (κ3) is 3.14. The number of carbonyl (C=O) groups excluding carboxylic acids is 1. The number of likely N-dealkylation sites (tertiary alicyclic amines) is 1. The molecule has 0 spiro atoms. The fourth-order valence-electron chi connectivity index (χ4n) is 2.00. The first-order valence-corrected chi connectivity index (χ1v) is 5.79. The molecule has 1 heterocycles. The van der Waals surface area contributed by atoms with Crippen molar-refractivity contribution >= 4 is 17.5 Å². The minimum atomic E-state index is 0.137. The molecule has 1 fully saturated rings. The van der Waals surface area contributed by atoms with Gasteiger partial charge in [-0.25, -0.2) is 0 Å². The number of aliphatic hydroxyl groups excluding tert-OH is 1. The summed E-state index contributed by atoms with van der Waals surface area (Å²) in [5.41, 5.74) is 0. The third-order valence-corrected chi connectivity index (χ3v) is 2.91. The van der Waals surface area contributed by atoms with Gasteiger partial charge in [0.25, 0.3) is 0 Å². The Kier molecular flexibility index (Phi) is 5.26. The first-order chi connectivity index (χ1) is 6.79. The van der Waals surface area contributed by atoms with Crippen LogP contribution in [0.1, 0.15) is 32.1 Å². The summed E-state index contributed by atoms with van der Waals surface area (Å²) in [6, 6.07) is 0.240. The van der Waals surface area contributed by atoms with Gasteiger partial charge < -0.3 is 10.0 Å². The number of amides is 1. The van der Waals surface area contributed by atoms with Crippen molar-refractivity contribution in [3.63, 3.8) is 0 Å². The van der Waals surface area contributed by atoms with E-state index in [9.17, 15) is 4.79 Å². The van der Waals surface area contributed by atoms with Crippen LogP contribution in [0.25, 0.3) is 0 Å². The topological polar surface area (TPSA) is 40.5 Å². The van der Waals surface area contributed by atoms with Gasteiger partial charge in [-0.15, -0.1) is 11.6 Å². The van der Waals surface area contributed by atoms with Crippen LogP contribution in [0.3, 0.4) is 0 Å². The van der Waals surface area contributed by atoms with Crippen LogP contribution in [0.15, 0.2) is 0 Å². The van der Waals surface area contributed by atoms with Crippen molar-refractivity contribution < 1.29 is 9.90 Å². The standard InChI is InChI=1S/C10H18ClNO2/c11-6-4-10(14)12-7-2-1-3-9(12)5-8-13/h9,13H,1-8H2. The molecular formula is C10H18ClNO2. The van der Waals surface area contributed by atoms with Crippen molar-refractivity contribution in [2.24, 2.45) is 0 Å². The predicted octanol–water partition coefficient (Wildman–Crippen LogP) is 1.38. The molecule has 1 unspecified atom stereocenters. The minimum Gasteiger partial charge on any atom is -0.396 e. The fraction of sp³-hybridized carbons (Fsp3) is 0.900. The molecule has 0 radical (unpaired) electrons. The van der Waals surface area contributed by atoms with Crippen LogP contribution in [-0.4, -0.2) is 41.0 Å². The van der Waals surface area contributed by atoms with E-state index < -0.39 is 0 Å². The SMILES string of the molecule is O=C(CCCl)N1CCCCC1CCO. The van der Waals surface area contributed by atoms with Crippen LogP contribution in [0.4, 0.5) is 0 Å². The summed E-state index contributed by atoms with van der Waals surface area (Å²) in [4.78, 5) is 13.5. The van der Waals surface area contributed by atoms with Crippen molar-refractivity contribution in [2.75, 3.05) is 19.0 Å². The van der Waals surface area contributed by atoms with Crippen LogP contribution in [0, 0.1) is 0 Å². The van der Waals surface area contributed by atoms with Gasteiger partial charge >= 0.3 is 0 Å². The number of nitrogens with zero attached hydrogens (tertiary/aromatic N) is 1. The van der Waals surface area contributed by atoms with Crippen LogP contribution in [0.5, 0.6) is 0 Å². The Bertz CT molecular complexity index is 185. The zero-order valence-electron chi connectivity index (χ0n) is 8.41. The van der Waals surface area contributed by atoms with E-state index >= 15 is 0 Å². The van der Waals surface area contributed by atoms with Gasteiger partial charge in [0.15, 0.2) is 0 Å². The molecular weight excluding hydrogens is 202 g/mol. The van der Waals surface area contributed by atoms with E-state index in [1.807, 2.05) is 4.90 Å². The normalized spacial score (nSPS) is 22.4. The van der Waals surface area contributed by atoms with Crippen molar-refractivity contribution in [3.05, 3.63) is 0 Å². The Morgan fingerprint density at radius 3 is 2.93 bits per heavy atom. The number of piperidine rings is 1. The van der Waals surface area contributed by atoms with Crippen LogP contribution >= 0.6 is 11.6 Å². The lowest BCUT2D eigenvalue weighted by molar-refractivity contribution is -0.134. The number of hydrogen-bond acceptors (Lipinski definition) is 2. The fourth-order valence-corrected chi connectivity index (χ4v) is 2.16. The lowest BCUT2D eigenvalue weighted by atomic mass is 9.99. The maximum Gasteiger partial charge on any atom is 0.224 e. The van der Waals surface area contributed by atoms with Gasteiger partial charge in [-0.3, -0.25) is 4.79 Å². The van der Waals surface area contributed by atoms with E-state index in [0.717, 1.165) is 25.8 Å². The molecule has 1 N–H and O–H groups in total. The molecule has 82 valence electrons. The van der Waals surface area contributed by atoms with E-state index in [0.29, 0.717) is 18.7 Å². The third-order valence-electron chi connectivity index (χ3n) is 2.72. The highest BCUT2D eigenvalue weighted by molar-refractivity contribution is 6.18. The molecule has 0 aliphatic carbocycles. The lowest BCUT2D eigenvalue weighted by Crippen LogP contribution is -2.44. The van der Waals surface area contributed by atoms with Crippen molar-refractivity contribution in [1.82, 2.24) is 4.90 Å². The number of aliphatic hydroxyl groups is 1. The van der Waals surface area contributed by atoms with Crippen molar-refractivity contribution in [3.8, 4) is 0 Å². The quantitative estimate of drug-likeness (QED) is 0.726. The molecule has 1 aliphatic rings. The van der Waals surface area contributed by atoms with Gasteiger partial charge in [0.2, 0.25) is 5.91 Å². The number of hydrogen-bond donors (Lipinski definition) is 1. The summed E-state index contributed by atoms with van der Waals surface area (Å²) in [6.45, 7) is 0.996. The highest BCUT2D eigenvalue weighted by Crippen LogP contribution is 2.20. The smallest absolute Gasteiger partial charge is 0.224 e. The molecule has 0 saturated carbocycles. The summed E-state index contributed by atoms with van der Waals surface area (Å²) < 4.78 is 0. The monoisotopic (exact) mass is 219 g/mol. The van der Waals surface area contributed by atoms with Gasteiger partial charge in [0.05, 0.1) is 0 Å². The van der Waals surface area contributed by atoms with Crippen molar-refractivity contribution in [2.45, 2.75) is 38.1 Å². The van der Waals surface area contributed by atoms with Crippen LogP contribution in [-0.2, 0) is 4.79 Å². The van der Waals surface area contributed by atoms with Gasteiger partial charge in [-0.1, -0.05) is 0 Å². The first-order valence-electron chi connectivity index (χ1n) is 5.26. The van der Waals surface area contributed by atoms with Gasteiger partial charge in [0, 0.05) is 31.5 Å². The molecule has 0 bridgehead atoms. The molecule has 1 amide bonds. The Labute approximate surface area is 90.0 Å². The van der Waals surface area contributed by atoms with E-state index in [1.165, 1.54) is 0 Å². The second-order valence-electron chi connectivity index (χ2n) is 3.69. The number of halogens is 1. The Morgan fingerprint density at radius 1 is 1.50 bits per heavy atom. The maximum absolute atomic E-state index is 11.6. The summed E-state index contributed by atoms with van der Waals surface area (Å²) in [7, 11) is 0. The molecule has 0 aromatic carbocycles. The molecule has 3 nitrogen and oxygen atoms in total. The summed E-state index contributed by atoms with van der Waals surface area (Å²) in [5.74, 6) is 0.527. The van der Waals surface area contributed by atoms with Gasteiger partial charge in [0.1, 0.15) is 0 Å². The molecule has 1 saturated heterocycles. The largest absolute Gasteiger partial charge is 0.396 e. The Balaban J connectivity index is 2.48. The average molecular weight is 220 g/mol. The number of alkyl halides is 1. The maximum atomic E-state index is 11.6. The van der Waals surface area contributed by atoms with E-state index in [-0.39, 0.29) is 18.6 Å². The van der Waals surface area contributed by atoms with Gasteiger partial charge in [-0.2, -0.15) is 0 Å². The summed E-state index contributed by atoms with van der Waals surface area (Å²) in [5, 5.41) is 8.88. The van der Waals surface area contributed by atoms with Crippen molar-refractivity contribution in [1.29, 1.82) is 0 Å². The molecule has 14 heavy (non-hydrogen) atoms. The van der Waals surface area contributed by atoms with E-state index in [2.05, 4.69) is 0 Å². The Hall–Kier alpha value is -0.280. The minimum absolute atomic E-state index is 0.137. The van der Waals surface area contributed by atoms with E-state index in [4.69, 9.17) is 16.7 Å². The molecule has 0 aromatic rings. The summed E-state index contributed by atoms with van der Waals surface area (Å²) in [6.07, 6.45) is 4.39. The van der Waals surface area contributed by atoms with E-state index in [1.54, 1.807) is 0 Å². The Morgan fingerprint density at radius 2 is 2.29 bits per heavy atom. The van der Waals surface area contributed by atoms with Gasteiger partial charge in [-0.05, 0) is 25.7 Å². The zero-order valence-corrected chi connectivity index (χ0v) is 9.17. The number of rotatable bonds is 4. The molecule has 4 heteroatoms.